The monoisotopic (exact) mass is 674 g/mol. The Balaban J connectivity index is 1.27. The van der Waals surface area contributed by atoms with E-state index in [0.29, 0.717) is 55.2 Å². The lowest BCUT2D eigenvalue weighted by Crippen LogP contribution is -2.12. The molecular weight excluding hydrogens is 655 g/mol. The number of hydrogen-bond acceptors (Lipinski definition) is 4. The van der Waals surface area contributed by atoms with Crippen LogP contribution in [-0.2, 0) is 0 Å². The first-order valence-corrected chi connectivity index (χ1v) is 16.6. The fourth-order valence-electron chi connectivity index (χ4n) is 8.24. The van der Waals surface area contributed by atoms with Crippen LogP contribution in [0.2, 0.25) is 0 Å². The maximum absolute atomic E-state index is 17.4. The van der Waals surface area contributed by atoms with Gasteiger partial charge < -0.3 is 18.0 Å². The van der Waals surface area contributed by atoms with E-state index in [-0.39, 0.29) is 11.4 Å². The third-order valence-electron chi connectivity index (χ3n) is 10.4. The summed E-state index contributed by atoms with van der Waals surface area (Å²) >= 11 is 0. The van der Waals surface area contributed by atoms with Gasteiger partial charge in [-0.25, -0.2) is 8.78 Å². The number of aromatic nitrogens is 2. The fraction of sp³-hybridized carbons (Fsp3) is 0. The van der Waals surface area contributed by atoms with Crippen molar-refractivity contribution in [3.8, 4) is 23.5 Å². The summed E-state index contributed by atoms with van der Waals surface area (Å²) in [6.07, 6.45) is 0. The molecule has 0 spiro atoms. The molecule has 0 N–H and O–H groups in total. The Kier molecular flexibility index (Phi) is 5.50. The molecule has 242 valence electrons. The van der Waals surface area contributed by atoms with Gasteiger partial charge in [-0.05, 0) is 48.5 Å². The normalized spacial score (nSPS) is 12.0. The van der Waals surface area contributed by atoms with Gasteiger partial charge in [0.2, 0.25) is 0 Å². The van der Waals surface area contributed by atoms with Crippen LogP contribution in [-0.4, -0.2) is 9.13 Å². The Morgan fingerprint density at radius 2 is 0.808 bits per heavy atom. The molecule has 11 aromatic rings. The van der Waals surface area contributed by atoms with E-state index >= 15 is 8.78 Å². The number of nitriles is 2. The number of rotatable bonds is 2. The second-order valence-electron chi connectivity index (χ2n) is 12.9. The molecule has 0 aliphatic heterocycles. The van der Waals surface area contributed by atoms with Crippen molar-refractivity contribution in [2.24, 2.45) is 0 Å². The highest BCUT2D eigenvalue weighted by molar-refractivity contribution is 6.25. The molecule has 0 amide bonds. The van der Waals surface area contributed by atoms with Crippen molar-refractivity contribution in [3.05, 3.63) is 144 Å². The van der Waals surface area contributed by atoms with Gasteiger partial charge in [0.1, 0.15) is 57.0 Å². The number of halogens is 2. The lowest BCUT2D eigenvalue weighted by molar-refractivity contribution is 0.583. The molecule has 8 heteroatoms. The quantitative estimate of drug-likeness (QED) is 0.183. The minimum Gasteiger partial charge on any atom is -0.455 e. The molecule has 0 bridgehead atoms. The second kappa shape index (κ2) is 10.1. The van der Waals surface area contributed by atoms with Gasteiger partial charge in [-0.2, -0.15) is 10.5 Å². The van der Waals surface area contributed by atoms with Gasteiger partial charge >= 0.3 is 0 Å². The van der Waals surface area contributed by atoms with E-state index in [1.807, 2.05) is 109 Å². The van der Waals surface area contributed by atoms with E-state index in [9.17, 15) is 10.5 Å². The number of nitrogens with zero attached hydrogens (tertiary/aromatic N) is 4. The van der Waals surface area contributed by atoms with Gasteiger partial charge in [0.05, 0.1) is 32.8 Å². The molecule has 4 aromatic heterocycles. The predicted octanol–water partition coefficient (Wildman–Crippen LogP) is 11.7. The van der Waals surface area contributed by atoms with Gasteiger partial charge in [-0.3, -0.25) is 0 Å². The summed E-state index contributed by atoms with van der Waals surface area (Å²) < 4.78 is 50.7. The van der Waals surface area contributed by atoms with Crippen LogP contribution in [0.3, 0.4) is 0 Å². The summed E-state index contributed by atoms with van der Waals surface area (Å²) in [6, 6.07) is 41.4. The van der Waals surface area contributed by atoms with E-state index in [4.69, 9.17) is 8.83 Å². The van der Waals surface area contributed by atoms with Crippen molar-refractivity contribution < 1.29 is 17.6 Å². The zero-order chi connectivity index (χ0) is 34.8. The first-order chi connectivity index (χ1) is 25.6. The molecule has 0 fully saturated rings. The predicted molar refractivity (Wildman–Crippen MR) is 199 cm³/mol. The van der Waals surface area contributed by atoms with Gasteiger partial charge in [-0.1, -0.05) is 72.8 Å². The van der Waals surface area contributed by atoms with Gasteiger partial charge in [0.25, 0.3) is 0 Å². The Morgan fingerprint density at radius 3 is 1.23 bits per heavy atom. The molecule has 0 radical (unpaired) electrons. The van der Waals surface area contributed by atoms with E-state index in [0.717, 1.165) is 32.3 Å². The summed E-state index contributed by atoms with van der Waals surface area (Å²) in [6.45, 7) is 0. The highest BCUT2D eigenvalue weighted by Gasteiger charge is 2.32. The Hall–Kier alpha value is -7.42. The topological polar surface area (TPSA) is 83.7 Å². The molecule has 0 aliphatic carbocycles. The van der Waals surface area contributed by atoms with Crippen molar-refractivity contribution in [2.45, 2.75) is 0 Å². The molecule has 52 heavy (non-hydrogen) atoms. The van der Waals surface area contributed by atoms with Crippen LogP contribution in [0.1, 0.15) is 11.1 Å². The SMILES string of the molecule is N#Cc1c(F)c(-n2c3ccccc3c3c4oc5ccccc5c4ccc32)c(C#N)c(F)c1-n1c2ccccc2c2c3oc4ccccc4c3ccc21. The molecule has 0 saturated carbocycles. The third-order valence-corrected chi connectivity index (χ3v) is 10.4. The number of hydrogen-bond donors (Lipinski definition) is 0. The van der Waals surface area contributed by atoms with Crippen LogP contribution in [0.5, 0.6) is 0 Å². The van der Waals surface area contributed by atoms with Crippen LogP contribution in [0, 0.1) is 34.3 Å². The first kappa shape index (κ1) is 28.4. The summed E-state index contributed by atoms with van der Waals surface area (Å²) in [5, 5.41) is 27.8. The molecule has 11 rings (SSSR count). The summed E-state index contributed by atoms with van der Waals surface area (Å²) in [5.74, 6) is -2.03. The maximum atomic E-state index is 17.4. The molecule has 6 nitrogen and oxygen atoms in total. The van der Waals surface area contributed by atoms with E-state index in [1.165, 1.54) is 9.13 Å². The molecule has 0 unspecified atom stereocenters. The minimum absolute atomic E-state index is 0.345. The molecule has 7 aromatic carbocycles. The summed E-state index contributed by atoms with van der Waals surface area (Å²) in [5.41, 5.74) is 2.88. The lowest BCUT2D eigenvalue weighted by Gasteiger charge is -2.18. The van der Waals surface area contributed by atoms with Crippen LogP contribution in [0.4, 0.5) is 8.78 Å². The van der Waals surface area contributed by atoms with E-state index in [2.05, 4.69) is 0 Å². The standard InChI is InChI=1S/C44H20F2N4O2/c45-39-30(22-48)42(50-32-14-6-2-12-28(32)38-34(50)20-18-26-24-10-4-8-16-36(24)52-44(26)38)40(46)29(21-47)41(39)49-31-13-5-1-11-27(31)37-33(49)19-17-25-23-9-3-7-15-35(23)51-43(25)37/h1-20H. The Morgan fingerprint density at radius 1 is 0.423 bits per heavy atom. The molecule has 0 saturated heterocycles. The van der Waals surface area contributed by atoms with Gasteiger partial charge in [-0.15, -0.1) is 0 Å². The molecule has 4 heterocycles. The minimum atomic E-state index is -1.02. The molecule has 0 atom stereocenters. The first-order valence-electron chi connectivity index (χ1n) is 16.6. The van der Waals surface area contributed by atoms with E-state index in [1.54, 1.807) is 24.3 Å². The summed E-state index contributed by atoms with van der Waals surface area (Å²) in [4.78, 5) is 0. The number of para-hydroxylation sites is 4. The van der Waals surface area contributed by atoms with Crippen molar-refractivity contribution in [3.63, 3.8) is 0 Å². The average Bonchev–Trinajstić information content (AvgIpc) is 3.93. The largest absolute Gasteiger partial charge is 0.455 e. The molecular formula is C44H20F2N4O2. The van der Waals surface area contributed by atoms with Crippen LogP contribution >= 0.6 is 0 Å². The number of benzene rings is 7. The van der Waals surface area contributed by atoms with Crippen molar-refractivity contribution in [1.82, 2.24) is 9.13 Å². The molecule has 0 aliphatic rings. The highest BCUT2D eigenvalue weighted by Crippen LogP contribution is 2.45. The zero-order valence-corrected chi connectivity index (χ0v) is 26.9. The Labute approximate surface area is 291 Å². The van der Waals surface area contributed by atoms with Crippen LogP contribution in [0.15, 0.2) is 130 Å². The zero-order valence-electron chi connectivity index (χ0n) is 26.9. The van der Waals surface area contributed by atoms with Crippen LogP contribution in [0.25, 0.3) is 98.9 Å². The van der Waals surface area contributed by atoms with Crippen LogP contribution < -0.4 is 0 Å². The lowest BCUT2D eigenvalue weighted by atomic mass is 10.0. The highest BCUT2D eigenvalue weighted by atomic mass is 19.1. The maximum Gasteiger partial charge on any atom is 0.168 e. The van der Waals surface area contributed by atoms with Crippen molar-refractivity contribution >= 4 is 87.5 Å². The Bertz CT molecular complexity index is 3240. The fourth-order valence-corrected chi connectivity index (χ4v) is 8.24. The number of furan rings is 2. The van der Waals surface area contributed by atoms with Gasteiger partial charge in [0.15, 0.2) is 11.6 Å². The summed E-state index contributed by atoms with van der Waals surface area (Å²) in [7, 11) is 0. The second-order valence-corrected chi connectivity index (χ2v) is 12.9. The van der Waals surface area contributed by atoms with Crippen molar-refractivity contribution in [2.75, 3.05) is 0 Å². The van der Waals surface area contributed by atoms with Crippen molar-refractivity contribution in [1.29, 1.82) is 10.5 Å². The van der Waals surface area contributed by atoms with E-state index < -0.39 is 22.8 Å². The average molecular weight is 675 g/mol. The third kappa shape index (κ3) is 3.43. The number of fused-ring (bicyclic) bond motifs is 14. The smallest absolute Gasteiger partial charge is 0.168 e. The van der Waals surface area contributed by atoms with Gasteiger partial charge in [0, 0.05) is 32.3 Å².